The van der Waals surface area contributed by atoms with E-state index in [-0.39, 0.29) is 17.2 Å². The number of hydrogen-bond acceptors (Lipinski definition) is 9. The second-order valence-electron chi connectivity index (χ2n) is 8.29. The number of hydrogen-bond donors (Lipinski definition) is 1. The smallest absolute Gasteiger partial charge is 0.294 e. The molecule has 0 saturated carbocycles. The molecule has 1 saturated heterocycles. The molecular weight excluding hydrogens is 653 g/mol. The molecule has 3 aromatic rings. The molecule has 1 N–H and O–H groups in total. The largest absolute Gasteiger partial charge is 0.497 e. The van der Waals surface area contributed by atoms with Crippen LogP contribution in [-0.2, 0) is 16.2 Å². The van der Waals surface area contributed by atoms with Gasteiger partial charge in [-0.15, -0.1) is 0 Å². The third kappa shape index (κ3) is 6.90. The van der Waals surface area contributed by atoms with Gasteiger partial charge in [-0.2, -0.15) is 0 Å². The highest BCUT2D eigenvalue weighted by Gasteiger charge is 2.36. The van der Waals surface area contributed by atoms with Crippen LogP contribution in [0, 0.1) is 13.7 Å². The summed E-state index contributed by atoms with van der Waals surface area (Å²) in [7, 11) is 3.01. The molecule has 0 aromatic heterocycles. The monoisotopic (exact) mass is 675 g/mol. The fourth-order valence-corrected chi connectivity index (χ4v) is 5.26. The second kappa shape index (κ2) is 12.8. The average molecular weight is 675 g/mol. The highest BCUT2D eigenvalue weighted by molar-refractivity contribution is 14.1. The first-order valence-corrected chi connectivity index (χ1v) is 13.5. The number of non-ortho nitro benzene ring substituents is 1. The number of nitro benzene ring substituents is 1. The van der Waals surface area contributed by atoms with Crippen LogP contribution in [0.5, 0.6) is 17.2 Å². The van der Waals surface area contributed by atoms with E-state index in [0.717, 1.165) is 22.2 Å². The van der Waals surface area contributed by atoms with E-state index >= 15 is 0 Å². The Labute approximate surface area is 246 Å². The molecule has 40 heavy (non-hydrogen) atoms. The Balaban J connectivity index is 1.44. The first kappa shape index (κ1) is 28.9. The van der Waals surface area contributed by atoms with Crippen molar-refractivity contribution in [2.75, 3.05) is 26.1 Å². The molecule has 0 aliphatic carbocycles. The Hall–Kier alpha value is -4.11. The molecule has 0 spiro atoms. The Morgan fingerprint density at radius 3 is 2.40 bits per heavy atom. The lowest BCUT2D eigenvalue weighted by atomic mass is 10.1. The number of amides is 3. The van der Waals surface area contributed by atoms with Gasteiger partial charge < -0.3 is 19.5 Å². The topological polar surface area (TPSA) is 137 Å². The molecule has 4 rings (SSSR count). The van der Waals surface area contributed by atoms with Gasteiger partial charge in [-0.05, 0) is 100 Å². The normalized spacial score (nSPS) is 13.9. The highest BCUT2D eigenvalue weighted by Crippen LogP contribution is 2.37. The molecule has 1 aliphatic heterocycles. The molecule has 1 aliphatic rings. The number of benzene rings is 3. The maximum Gasteiger partial charge on any atom is 0.294 e. The SMILES string of the molecule is COc1ccc(NC(=O)CN2C(=O)S/C(=C/c3cc(I)c(OCc4ccc([N+](=O)[O-])cc4)c(OC)c3)C2=O)cc1. The molecule has 1 heterocycles. The second-order valence-corrected chi connectivity index (χ2v) is 10.4. The van der Waals surface area contributed by atoms with Crippen molar-refractivity contribution in [2.45, 2.75) is 6.61 Å². The summed E-state index contributed by atoms with van der Waals surface area (Å²) < 4.78 is 17.2. The first-order valence-electron chi connectivity index (χ1n) is 11.6. The standard InChI is InChI=1S/C27H22IN3O8S/c1-37-20-9-5-18(6-10-20)29-24(32)14-30-26(33)23(40-27(30)34)13-17-11-21(28)25(22(12-17)38-2)39-15-16-3-7-19(8-4-16)31(35)36/h3-13H,14-15H2,1-2H3,(H,29,32)/b23-13+. The Kier molecular flexibility index (Phi) is 9.26. The van der Waals surface area contributed by atoms with Crippen molar-refractivity contribution in [3.8, 4) is 17.2 Å². The van der Waals surface area contributed by atoms with E-state index in [9.17, 15) is 24.5 Å². The number of thioether (sulfide) groups is 1. The van der Waals surface area contributed by atoms with E-state index in [1.54, 1.807) is 54.6 Å². The third-order valence-corrected chi connectivity index (χ3v) is 7.34. The zero-order valence-corrected chi connectivity index (χ0v) is 24.2. The van der Waals surface area contributed by atoms with Crippen molar-refractivity contribution < 1.29 is 33.5 Å². The number of halogens is 1. The lowest BCUT2D eigenvalue weighted by Crippen LogP contribution is -2.36. The van der Waals surface area contributed by atoms with Gasteiger partial charge >= 0.3 is 0 Å². The Morgan fingerprint density at radius 1 is 1.07 bits per heavy atom. The van der Waals surface area contributed by atoms with Gasteiger partial charge in [0.2, 0.25) is 5.91 Å². The molecule has 3 aromatic carbocycles. The molecular formula is C27H22IN3O8S. The minimum atomic E-state index is -0.577. The van der Waals surface area contributed by atoms with Crippen LogP contribution in [-0.4, -0.2) is 47.6 Å². The van der Waals surface area contributed by atoms with Gasteiger partial charge in [0.15, 0.2) is 11.5 Å². The Morgan fingerprint density at radius 2 is 1.77 bits per heavy atom. The quantitative estimate of drug-likeness (QED) is 0.128. The molecule has 13 heteroatoms. The van der Waals surface area contributed by atoms with E-state index in [2.05, 4.69) is 27.9 Å². The van der Waals surface area contributed by atoms with Crippen LogP contribution < -0.4 is 19.5 Å². The number of imide groups is 1. The van der Waals surface area contributed by atoms with Gasteiger partial charge in [0, 0.05) is 17.8 Å². The number of nitrogens with one attached hydrogen (secondary N) is 1. The summed E-state index contributed by atoms with van der Waals surface area (Å²) in [6, 6.07) is 16.1. The fraction of sp³-hybridized carbons (Fsp3) is 0.148. The van der Waals surface area contributed by atoms with Crippen molar-refractivity contribution in [1.82, 2.24) is 4.90 Å². The van der Waals surface area contributed by atoms with E-state index in [1.165, 1.54) is 26.4 Å². The van der Waals surface area contributed by atoms with Crippen LogP contribution >= 0.6 is 34.4 Å². The Bertz CT molecular complexity index is 1490. The van der Waals surface area contributed by atoms with Crippen LogP contribution in [0.15, 0.2) is 65.6 Å². The first-order chi connectivity index (χ1) is 19.2. The summed E-state index contributed by atoms with van der Waals surface area (Å²) in [6.07, 6.45) is 1.55. The lowest BCUT2D eigenvalue weighted by molar-refractivity contribution is -0.384. The number of carbonyl (C=O) groups excluding carboxylic acids is 3. The van der Waals surface area contributed by atoms with Crippen LogP contribution in [0.3, 0.4) is 0 Å². The zero-order valence-electron chi connectivity index (χ0n) is 21.2. The molecule has 206 valence electrons. The minimum Gasteiger partial charge on any atom is -0.497 e. The van der Waals surface area contributed by atoms with Crippen molar-refractivity contribution in [1.29, 1.82) is 0 Å². The molecule has 0 bridgehead atoms. The van der Waals surface area contributed by atoms with Crippen molar-refractivity contribution >= 4 is 68.9 Å². The van der Waals surface area contributed by atoms with E-state index in [4.69, 9.17) is 14.2 Å². The molecule has 3 amide bonds. The number of methoxy groups -OCH3 is 2. The van der Waals surface area contributed by atoms with Crippen LogP contribution in [0.4, 0.5) is 16.2 Å². The van der Waals surface area contributed by atoms with E-state index in [0.29, 0.717) is 32.1 Å². The molecule has 11 nitrogen and oxygen atoms in total. The van der Waals surface area contributed by atoms with Gasteiger partial charge in [-0.1, -0.05) is 0 Å². The summed E-state index contributed by atoms with van der Waals surface area (Å²) in [5.41, 5.74) is 1.82. The number of nitro groups is 1. The van der Waals surface area contributed by atoms with Crippen LogP contribution in [0.2, 0.25) is 0 Å². The van der Waals surface area contributed by atoms with Gasteiger partial charge in [-0.25, -0.2) is 0 Å². The van der Waals surface area contributed by atoms with Gasteiger partial charge in [0.25, 0.3) is 16.8 Å². The summed E-state index contributed by atoms with van der Waals surface area (Å²) in [6.45, 7) is -0.272. The summed E-state index contributed by atoms with van der Waals surface area (Å²) >= 11 is 2.81. The summed E-state index contributed by atoms with van der Waals surface area (Å²) in [4.78, 5) is 49.4. The number of rotatable bonds is 10. The minimum absolute atomic E-state index is 0.0115. The number of carbonyl (C=O) groups is 3. The molecule has 0 radical (unpaired) electrons. The predicted molar refractivity (Wildman–Crippen MR) is 157 cm³/mol. The third-order valence-electron chi connectivity index (χ3n) is 5.63. The maximum absolute atomic E-state index is 12.9. The number of anilines is 1. The predicted octanol–water partition coefficient (Wildman–Crippen LogP) is 5.47. The zero-order chi connectivity index (χ0) is 28.8. The van der Waals surface area contributed by atoms with Crippen molar-refractivity contribution in [3.63, 3.8) is 0 Å². The molecule has 0 atom stereocenters. The summed E-state index contributed by atoms with van der Waals surface area (Å²) in [5.74, 6) is 0.399. The maximum atomic E-state index is 12.9. The van der Waals surface area contributed by atoms with Crippen LogP contribution in [0.25, 0.3) is 6.08 Å². The van der Waals surface area contributed by atoms with Crippen molar-refractivity contribution in [2.24, 2.45) is 0 Å². The van der Waals surface area contributed by atoms with E-state index < -0.39 is 28.5 Å². The van der Waals surface area contributed by atoms with E-state index in [1.807, 2.05) is 0 Å². The van der Waals surface area contributed by atoms with Gasteiger partial charge in [0.1, 0.15) is 18.9 Å². The number of nitrogens with zero attached hydrogens (tertiary/aromatic N) is 2. The van der Waals surface area contributed by atoms with Crippen LogP contribution in [0.1, 0.15) is 11.1 Å². The average Bonchev–Trinajstić information content (AvgIpc) is 3.19. The fourth-order valence-electron chi connectivity index (χ4n) is 3.64. The van der Waals surface area contributed by atoms with Gasteiger partial charge in [0.05, 0.1) is 27.6 Å². The number of ether oxygens (including phenoxy) is 3. The lowest BCUT2D eigenvalue weighted by Gasteiger charge is -2.14. The summed E-state index contributed by atoms with van der Waals surface area (Å²) in [5, 5.41) is 13.0. The van der Waals surface area contributed by atoms with Crippen molar-refractivity contribution in [3.05, 3.63) is 90.4 Å². The molecule has 0 unspecified atom stereocenters. The van der Waals surface area contributed by atoms with Gasteiger partial charge in [-0.3, -0.25) is 29.4 Å². The molecule has 1 fully saturated rings. The highest BCUT2D eigenvalue weighted by atomic mass is 127.